The lowest BCUT2D eigenvalue weighted by molar-refractivity contribution is -0.223. The number of aliphatic hydroxyl groups excluding tert-OH is 1. The van der Waals surface area contributed by atoms with Gasteiger partial charge in [0.1, 0.15) is 0 Å². The second-order valence-electron chi connectivity index (χ2n) is 6.12. The van der Waals surface area contributed by atoms with Crippen molar-refractivity contribution in [1.29, 1.82) is 0 Å². The van der Waals surface area contributed by atoms with E-state index in [0.717, 1.165) is 19.3 Å². The minimum Gasteiger partial charge on any atom is -0.392 e. The first-order valence-corrected chi connectivity index (χ1v) is 7.47. The molecule has 2 saturated carbocycles. The molecule has 1 N–H and O–H groups in total. The van der Waals surface area contributed by atoms with Crippen molar-refractivity contribution in [2.75, 3.05) is 0 Å². The van der Waals surface area contributed by atoms with E-state index in [2.05, 4.69) is 20.8 Å². The summed E-state index contributed by atoms with van der Waals surface area (Å²) in [6, 6.07) is 0. The maximum absolute atomic E-state index is 10.0. The van der Waals surface area contributed by atoms with E-state index in [4.69, 9.17) is 4.74 Å². The van der Waals surface area contributed by atoms with Gasteiger partial charge in [0.05, 0.1) is 18.3 Å². The van der Waals surface area contributed by atoms with Crippen LogP contribution in [0.2, 0.25) is 0 Å². The fraction of sp³-hybridized carbons (Fsp3) is 1.00. The summed E-state index contributed by atoms with van der Waals surface area (Å²) in [4.78, 5) is 0. The molecule has 0 saturated heterocycles. The molecule has 2 heteroatoms. The Morgan fingerprint density at radius 2 is 1.82 bits per heavy atom. The molecule has 0 spiro atoms. The van der Waals surface area contributed by atoms with Gasteiger partial charge in [0.2, 0.25) is 0 Å². The van der Waals surface area contributed by atoms with Gasteiger partial charge in [-0.25, -0.2) is 0 Å². The van der Waals surface area contributed by atoms with E-state index in [-0.39, 0.29) is 11.5 Å². The number of aliphatic hydroxyl groups is 1. The van der Waals surface area contributed by atoms with Crippen LogP contribution in [0.25, 0.3) is 0 Å². The Balaban J connectivity index is 1.94. The molecule has 2 nitrogen and oxygen atoms in total. The molecule has 2 fully saturated rings. The first-order chi connectivity index (χ1) is 8.14. The Kier molecular flexibility index (Phi) is 4.14. The van der Waals surface area contributed by atoms with E-state index in [9.17, 15) is 5.11 Å². The van der Waals surface area contributed by atoms with Gasteiger partial charge in [-0.15, -0.1) is 0 Å². The molecule has 4 atom stereocenters. The van der Waals surface area contributed by atoms with Gasteiger partial charge in [-0.05, 0) is 31.6 Å². The van der Waals surface area contributed by atoms with Crippen LogP contribution in [0, 0.1) is 11.3 Å². The van der Waals surface area contributed by atoms with Crippen molar-refractivity contribution in [3.8, 4) is 0 Å². The average Bonchev–Trinajstić information content (AvgIpc) is 2.33. The summed E-state index contributed by atoms with van der Waals surface area (Å²) in [5, 5.41) is 10.0. The molecule has 100 valence electrons. The predicted molar refractivity (Wildman–Crippen MR) is 69.9 cm³/mol. The van der Waals surface area contributed by atoms with Gasteiger partial charge in [0.25, 0.3) is 0 Å². The smallest absolute Gasteiger partial charge is 0.0684 e. The number of ether oxygens (including phenoxy) is 1. The SMILES string of the molecule is CCC1(CC)C(O)CC1OC1CCCCC1C. The Bertz CT molecular complexity index is 247. The van der Waals surface area contributed by atoms with E-state index in [0.29, 0.717) is 18.1 Å². The molecule has 2 aliphatic carbocycles. The summed E-state index contributed by atoms with van der Waals surface area (Å²) in [6.45, 7) is 6.69. The van der Waals surface area contributed by atoms with Crippen LogP contribution in [0.15, 0.2) is 0 Å². The van der Waals surface area contributed by atoms with Crippen molar-refractivity contribution in [2.45, 2.75) is 84.0 Å². The third-order valence-electron chi connectivity index (χ3n) is 5.43. The van der Waals surface area contributed by atoms with Crippen LogP contribution in [-0.2, 0) is 4.74 Å². The fourth-order valence-corrected chi connectivity index (χ4v) is 3.79. The molecular formula is C15H28O2. The summed E-state index contributed by atoms with van der Waals surface area (Å²) >= 11 is 0. The molecule has 0 bridgehead atoms. The molecule has 2 rings (SSSR count). The maximum atomic E-state index is 10.0. The topological polar surface area (TPSA) is 29.5 Å². The van der Waals surface area contributed by atoms with Gasteiger partial charge in [-0.3, -0.25) is 0 Å². The highest BCUT2D eigenvalue weighted by molar-refractivity contribution is 5.03. The van der Waals surface area contributed by atoms with Crippen molar-refractivity contribution >= 4 is 0 Å². The van der Waals surface area contributed by atoms with Crippen molar-refractivity contribution < 1.29 is 9.84 Å². The molecule has 0 aliphatic heterocycles. The summed E-state index contributed by atoms with van der Waals surface area (Å²) in [5.74, 6) is 0.702. The van der Waals surface area contributed by atoms with Gasteiger partial charge in [0, 0.05) is 11.8 Å². The third-order valence-corrected chi connectivity index (χ3v) is 5.43. The van der Waals surface area contributed by atoms with Crippen LogP contribution < -0.4 is 0 Å². The fourth-order valence-electron chi connectivity index (χ4n) is 3.79. The van der Waals surface area contributed by atoms with Gasteiger partial charge in [0.15, 0.2) is 0 Å². The zero-order valence-corrected chi connectivity index (χ0v) is 11.6. The molecular weight excluding hydrogens is 212 g/mol. The first kappa shape index (κ1) is 13.4. The monoisotopic (exact) mass is 240 g/mol. The zero-order valence-electron chi connectivity index (χ0n) is 11.6. The molecule has 0 aromatic carbocycles. The van der Waals surface area contributed by atoms with Crippen molar-refractivity contribution in [3.05, 3.63) is 0 Å². The highest BCUT2D eigenvalue weighted by atomic mass is 16.5. The Hall–Kier alpha value is -0.0800. The van der Waals surface area contributed by atoms with Crippen molar-refractivity contribution in [3.63, 3.8) is 0 Å². The van der Waals surface area contributed by atoms with Gasteiger partial charge >= 0.3 is 0 Å². The normalized spacial score (nSPS) is 40.9. The Morgan fingerprint density at radius 3 is 2.35 bits per heavy atom. The van der Waals surface area contributed by atoms with E-state index >= 15 is 0 Å². The van der Waals surface area contributed by atoms with E-state index < -0.39 is 0 Å². The van der Waals surface area contributed by atoms with Crippen molar-refractivity contribution in [2.24, 2.45) is 11.3 Å². The standard InChI is InChI=1S/C15H28O2/c1-4-15(5-2)13(16)10-14(15)17-12-9-7-6-8-11(12)3/h11-14,16H,4-10H2,1-3H3. The largest absolute Gasteiger partial charge is 0.392 e. The molecule has 0 aromatic rings. The lowest BCUT2D eigenvalue weighted by atomic mass is 9.60. The number of hydrogen-bond acceptors (Lipinski definition) is 2. The molecule has 0 heterocycles. The highest BCUT2D eigenvalue weighted by Crippen LogP contribution is 2.50. The molecule has 4 unspecified atom stereocenters. The molecule has 2 aliphatic rings. The predicted octanol–water partition coefficient (Wildman–Crippen LogP) is 3.52. The lowest BCUT2D eigenvalue weighted by Gasteiger charge is -2.54. The van der Waals surface area contributed by atoms with Crippen LogP contribution >= 0.6 is 0 Å². The van der Waals surface area contributed by atoms with E-state index in [1.807, 2.05) is 0 Å². The zero-order chi connectivity index (χ0) is 12.5. The number of hydrogen-bond donors (Lipinski definition) is 1. The molecule has 0 aromatic heterocycles. The van der Waals surface area contributed by atoms with Crippen LogP contribution in [0.5, 0.6) is 0 Å². The molecule has 17 heavy (non-hydrogen) atoms. The summed E-state index contributed by atoms with van der Waals surface area (Å²) in [6.07, 6.45) is 8.75. The average molecular weight is 240 g/mol. The van der Waals surface area contributed by atoms with E-state index in [1.54, 1.807) is 0 Å². The van der Waals surface area contributed by atoms with Gasteiger partial charge < -0.3 is 9.84 Å². The van der Waals surface area contributed by atoms with Crippen LogP contribution in [0.3, 0.4) is 0 Å². The minimum atomic E-state index is -0.138. The quantitative estimate of drug-likeness (QED) is 0.814. The van der Waals surface area contributed by atoms with E-state index in [1.165, 1.54) is 25.7 Å². The summed E-state index contributed by atoms with van der Waals surface area (Å²) in [7, 11) is 0. The van der Waals surface area contributed by atoms with Gasteiger partial charge in [-0.1, -0.05) is 33.6 Å². The van der Waals surface area contributed by atoms with Crippen LogP contribution in [0.1, 0.15) is 65.7 Å². The number of rotatable bonds is 4. The lowest BCUT2D eigenvalue weighted by Crippen LogP contribution is -2.59. The highest BCUT2D eigenvalue weighted by Gasteiger charge is 2.53. The second-order valence-corrected chi connectivity index (χ2v) is 6.12. The Morgan fingerprint density at radius 1 is 1.18 bits per heavy atom. The second kappa shape index (κ2) is 5.27. The molecule has 0 radical (unpaired) electrons. The Labute approximate surface area is 106 Å². The van der Waals surface area contributed by atoms with Gasteiger partial charge in [-0.2, -0.15) is 0 Å². The summed E-state index contributed by atoms with van der Waals surface area (Å²) in [5.41, 5.74) is 0.0527. The van der Waals surface area contributed by atoms with Crippen molar-refractivity contribution in [1.82, 2.24) is 0 Å². The molecule has 0 amide bonds. The van der Waals surface area contributed by atoms with Crippen LogP contribution in [-0.4, -0.2) is 23.4 Å². The maximum Gasteiger partial charge on any atom is 0.0684 e. The minimum absolute atomic E-state index is 0.0527. The third kappa shape index (κ3) is 2.26. The first-order valence-electron chi connectivity index (χ1n) is 7.47. The summed E-state index contributed by atoms with van der Waals surface area (Å²) < 4.78 is 6.35. The van der Waals surface area contributed by atoms with Crippen LogP contribution in [0.4, 0.5) is 0 Å².